The van der Waals surface area contributed by atoms with Crippen molar-refractivity contribution in [3.8, 4) is 11.5 Å². The molecule has 1 unspecified atom stereocenters. The molecule has 5 heteroatoms. The number of hydrogen-bond acceptors (Lipinski definition) is 4. The number of carbonyl (C=O) groups is 1. The molecule has 126 valence electrons. The van der Waals surface area contributed by atoms with E-state index in [9.17, 15) is 4.79 Å². The van der Waals surface area contributed by atoms with Crippen LogP contribution < -0.4 is 9.47 Å². The molecule has 1 aliphatic rings. The summed E-state index contributed by atoms with van der Waals surface area (Å²) in [5.74, 6) is 1.75. The second-order valence-corrected chi connectivity index (χ2v) is 5.93. The van der Waals surface area contributed by atoms with Gasteiger partial charge in [-0.1, -0.05) is 12.1 Å². The zero-order chi connectivity index (χ0) is 16.8. The third kappa shape index (κ3) is 4.25. The highest BCUT2D eigenvalue weighted by Crippen LogP contribution is 2.19. The Hall–Kier alpha value is -2.56. The summed E-state index contributed by atoms with van der Waals surface area (Å²) in [6, 6.07) is 11.3. The van der Waals surface area contributed by atoms with Crippen LogP contribution in [-0.2, 0) is 11.2 Å². The van der Waals surface area contributed by atoms with E-state index in [2.05, 4.69) is 4.98 Å². The Labute approximate surface area is 142 Å². The summed E-state index contributed by atoms with van der Waals surface area (Å²) in [7, 11) is 1.64. The fourth-order valence-electron chi connectivity index (χ4n) is 2.90. The summed E-state index contributed by atoms with van der Waals surface area (Å²) in [4.78, 5) is 18.4. The average Bonchev–Trinajstić information content (AvgIpc) is 2.63. The molecule has 0 spiro atoms. The number of likely N-dealkylation sites (tertiary alicyclic amines) is 1. The fraction of sp³-hybridized carbons (Fsp3) is 0.368. The van der Waals surface area contributed by atoms with Crippen LogP contribution in [0.2, 0.25) is 0 Å². The summed E-state index contributed by atoms with van der Waals surface area (Å²) in [5, 5.41) is 0. The lowest BCUT2D eigenvalue weighted by Crippen LogP contribution is -2.45. The molecule has 24 heavy (non-hydrogen) atoms. The van der Waals surface area contributed by atoms with Gasteiger partial charge in [-0.2, -0.15) is 0 Å². The van der Waals surface area contributed by atoms with Crippen molar-refractivity contribution >= 4 is 5.91 Å². The van der Waals surface area contributed by atoms with E-state index < -0.39 is 0 Å². The number of amides is 1. The largest absolute Gasteiger partial charge is 0.497 e. The maximum Gasteiger partial charge on any atom is 0.227 e. The van der Waals surface area contributed by atoms with Crippen LogP contribution in [0.15, 0.2) is 48.8 Å². The van der Waals surface area contributed by atoms with Crippen LogP contribution in [0.1, 0.15) is 18.4 Å². The Balaban J connectivity index is 1.56. The highest BCUT2D eigenvalue weighted by molar-refractivity contribution is 5.79. The Kier molecular flexibility index (Phi) is 5.31. The van der Waals surface area contributed by atoms with Crippen LogP contribution >= 0.6 is 0 Å². The first-order chi connectivity index (χ1) is 11.7. The average molecular weight is 326 g/mol. The van der Waals surface area contributed by atoms with Gasteiger partial charge in [-0.15, -0.1) is 0 Å². The van der Waals surface area contributed by atoms with Crippen molar-refractivity contribution in [2.24, 2.45) is 0 Å². The van der Waals surface area contributed by atoms with E-state index in [1.807, 2.05) is 41.3 Å². The molecule has 0 bridgehead atoms. The molecule has 1 aromatic heterocycles. The van der Waals surface area contributed by atoms with Crippen LogP contribution in [0.25, 0.3) is 0 Å². The van der Waals surface area contributed by atoms with Gasteiger partial charge in [0.25, 0.3) is 0 Å². The molecule has 1 atom stereocenters. The van der Waals surface area contributed by atoms with Crippen LogP contribution in [0.3, 0.4) is 0 Å². The van der Waals surface area contributed by atoms with Crippen molar-refractivity contribution in [3.05, 3.63) is 54.4 Å². The molecule has 2 aromatic rings. The molecular weight excluding hydrogens is 304 g/mol. The van der Waals surface area contributed by atoms with Crippen molar-refractivity contribution < 1.29 is 14.3 Å². The molecule has 5 nitrogen and oxygen atoms in total. The summed E-state index contributed by atoms with van der Waals surface area (Å²) in [6.07, 6.45) is 5.81. The normalized spacial score (nSPS) is 17.4. The minimum atomic E-state index is 0.0426. The molecule has 0 saturated carbocycles. The van der Waals surface area contributed by atoms with E-state index in [1.54, 1.807) is 19.5 Å². The number of ether oxygens (including phenoxy) is 2. The van der Waals surface area contributed by atoms with Gasteiger partial charge in [0.05, 0.1) is 20.1 Å². The maximum absolute atomic E-state index is 12.5. The minimum Gasteiger partial charge on any atom is -0.497 e. The molecule has 1 amide bonds. The number of pyridine rings is 1. The third-order valence-electron chi connectivity index (χ3n) is 4.20. The first kappa shape index (κ1) is 16.3. The van der Waals surface area contributed by atoms with Gasteiger partial charge in [0.1, 0.15) is 17.6 Å². The van der Waals surface area contributed by atoms with Crippen LogP contribution in [0.5, 0.6) is 11.5 Å². The maximum atomic E-state index is 12.5. The number of nitrogens with zero attached hydrogens (tertiary/aromatic N) is 2. The smallest absolute Gasteiger partial charge is 0.227 e. The molecule has 2 heterocycles. The number of carbonyl (C=O) groups excluding carboxylic acids is 1. The molecule has 0 N–H and O–H groups in total. The third-order valence-corrected chi connectivity index (χ3v) is 4.20. The van der Waals surface area contributed by atoms with Crippen molar-refractivity contribution in [1.29, 1.82) is 0 Å². The molecular formula is C19H22N2O3. The van der Waals surface area contributed by atoms with Gasteiger partial charge in [-0.3, -0.25) is 9.78 Å². The number of methoxy groups -OCH3 is 1. The van der Waals surface area contributed by atoms with E-state index in [-0.39, 0.29) is 12.0 Å². The lowest BCUT2D eigenvalue weighted by molar-refractivity contribution is -0.133. The number of hydrogen-bond donors (Lipinski definition) is 0. The number of benzene rings is 1. The molecule has 0 aliphatic carbocycles. The predicted octanol–water partition coefficient (Wildman–Crippen LogP) is 2.70. The Morgan fingerprint density at radius 3 is 2.62 bits per heavy atom. The molecule has 1 aliphatic heterocycles. The van der Waals surface area contributed by atoms with Crippen molar-refractivity contribution in [2.45, 2.75) is 25.4 Å². The topological polar surface area (TPSA) is 51.7 Å². The highest BCUT2D eigenvalue weighted by Gasteiger charge is 2.24. The second kappa shape index (κ2) is 7.81. The van der Waals surface area contributed by atoms with Crippen LogP contribution in [0.4, 0.5) is 0 Å². The van der Waals surface area contributed by atoms with Crippen LogP contribution in [0, 0.1) is 0 Å². The molecule has 0 radical (unpaired) electrons. The van der Waals surface area contributed by atoms with E-state index in [0.717, 1.165) is 36.4 Å². The van der Waals surface area contributed by atoms with Gasteiger partial charge in [0.2, 0.25) is 5.91 Å². The summed E-state index contributed by atoms with van der Waals surface area (Å²) < 4.78 is 11.1. The Bertz CT molecular complexity index is 658. The second-order valence-electron chi connectivity index (χ2n) is 5.93. The molecule has 1 fully saturated rings. The summed E-state index contributed by atoms with van der Waals surface area (Å²) in [5.41, 5.74) is 0.998. The van der Waals surface area contributed by atoms with Crippen molar-refractivity contribution in [1.82, 2.24) is 9.88 Å². The molecule has 3 rings (SSSR count). The van der Waals surface area contributed by atoms with Gasteiger partial charge in [-0.05, 0) is 42.7 Å². The fourth-order valence-corrected chi connectivity index (χ4v) is 2.90. The standard InChI is InChI=1S/C19H22N2O3/c1-23-16-6-4-15(5-7-16)13-19(22)21-12-2-3-18(14-21)24-17-8-10-20-11-9-17/h4-11,18H,2-3,12-14H2,1H3. The minimum absolute atomic E-state index is 0.0426. The van der Waals surface area contributed by atoms with E-state index in [0.29, 0.717) is 13.0 Å². The first-order valence-corrected chi connectivity index (χ1v) is 8.22. The number of rotatable bonds is 5. The highest BCUT2D eigenvalue weighted by atomic mass is 16.5. The summed E-state index contributed by atoms with van der Waals surface area (Å²) in [6.45, 7) is 1.43. The van der Waals surface area contributed by atoms with Crippen molar-refractivity contribution in [3.63, 3.8) is 0 Å². The lowest BCUT2D eigenvalue weighted by atomic mass is 10.1. The van der Waals surface area contributed by atoms with Gasteiger partial charge >= 0.3 is 0 Å². The van der Waals surface area contributed by atoms with Gasteiger partial charge < -0.3 is 14.4 Å². The Morgan fingerprint density at radius 2 is 1.92 bits per heavy atom. The first-order valence-electron chi connectivity index (χ1n) is 8.22. The molecule has 1 aromatic carbocycles. The van der Waals surface area contributed by atoms with Gasteiger partial charge in [0, 0.05) is 18.9 Å². The van der Waals surface area contributed by atoms with E-state index in [4.69, 9.17) is 9.47 Å². The van der Waals surface area contributed by atoms with E-state index >= 15 is 0 Å². The van der Waals surface area contributed by atoms with Crippen LogP contribution in [-0.4, -0.2) is 42.1 Å². The van der Waals surface area contributed by atoms with Gasteiger partial charge in [-0.25, -0.2) is 0 Å². The number of aromatic nitrogens is 1. The summed E-state index contributed by atoms with van der Waals surface area (Å²) >= 11 is 0. The van der Waals surface area contributed by atoms with E-state index in [1.165, 1.54) is 0 Å². The van der Waals surface area contributed by atoms with Crippen molar-refractivity contribution in [2.75, 3.05) is 20.2 Å². The number of piperidine rings is 1. The van der Waals surface area contributed by atoms with Gasteiger partial charge in [0.15, 0.2) is 0 Å². The Morgan fingerprint density at radius 1 is 1.17 bits per heavy atom. The zero-order valence-electron chi connectivity index (χ0n) is 13.9. The lowest BCUT2D eigenvalue weighted by Gasteiger charge is -2.33. The zero-order valence-corrected chi connectivity index (χ0v) is 13.9. The quantitative estimate of drug-likeness (QED) is 0.848. The monoisotopic (exact) mass is 326 g/mol. The SMILES string of the molecule is COc1ccc(CC(=O)N2CCCC(Oc3ccncc3)C2)cc1. The molecule has 1 saturated heterocycles. The predicted molar refractivity (Wildman–Crippen MR) is 91.2 cm³/mol.